The third-order valence-electron chi connectivity index (χ3n) is 7.28. The topological polar surface area (TPSA) is 60.4 Å². The molecule has 9 aromatic rings. The number of nitrogens with zero attached hydrogens (tertiary/aromatic N) is 6. The number of rotatable bonds is 2. The van der Waals surface area contributed by atoms with Crippen LogP contribution in [0, 0.1) is 0 Å². The molecule has 178 valence electrons. The molecule has 0 aliphatic rings. The first-order valence-corrected chi connectivity index (χ1v) is 14.0. The van der Waals surface area contributed by atoms with E-state index in [4.69, 9.17) is 19.9 Å². The van der Waals surface area contributed by atoms with Crippen LogP contribution in [-0.2, 0) is 0 Å². The summed E-state index contributed by atoms with van der Waals surface area (Å²) in [7, 11) is 0. The van der Waals surface area contributed by atoms with Crippen LogP contribution >= 0.6 is 22.7 Å². The lowest BCUT2D eigenvalue weighted by molar-refractivity contribution is 1.000. The van der Waals surface area contributed by atoms with Gasteiger partial charge in [-0.15, -0.1) is 22.7 Å². The molecule has 0 aliphatic heterocycles. The number of para-hydroxylation sites is 2. The molecule has 0 saturated carbocycles. The summed E-state index contributed by atoms with van der Waals surface area (Å²) in [6, 6.07) is 21.5. The summed E-state index contributed by atoms with van der Waals surface area (Å²) in [5.41, 5.74) is 7.74. The third kappa shape index (κ3) is 2.50. The van der Waals surface area contributed by atoms with E-state index in [0.717, 1.165) is 66.0 Å². The van der Waals surface area contributed by atoms with Gasteiger partial charge in [0.1, 0.15) is 16.5 Å². The SMILES string of the molecule is c1csc(C(c2cccs2)=c2n3c4nccnc4c4cccc(c5cccc6c7nccnc7n2c56)c43)c1. The highest BCUT2D eigenvalue weighted by Crippen LogP contribution is 2.37. The first-order chi connectivity index (χ1) is 18.9. The Labute approximate surface area is 222 Å². The minimum Gasteiger partial charge on any atom is -0.276 e. The molecule has 0 radical (unpaired) electrons. The maximum atomic E-state index is 4.92. The van der Waals surface area contributed by atoms with Gasteiger partial charge in [0.2, 0.25) is 0 Å². The minimum atomic E-state index is 0.822. The third-order valence-corrected chi connectivity index (χ3v) is 9.06. The van der Waals surface area contributed by atoms with E-state index >= 15 is 0 Å². The van der Waals surface area contributed by atoms with Gasteiger partial charge in [-0.2, -0.15) is 0 Å². The van der Waals surface area contributed by atoms with Gasteiger partial charge in [-0.05, 0) is 22.9 Å². The summed E-state index contributed by atoms with van der Waals surface area (Å²) in [6.45, 7) is 0. The molecule has 0 amide bonds. The highest BCUT2D eigenvalue weighted by molar-refractivity contribution is 7.13. The van der Waals surface area contributed by atoms with Gasteiger partial charge in [0.25, 0.3) is 0 Å². The molecule has 7 aromatic heterocycles. The zero-order valence-corrected chi connectivity index (χ0v) is 21.4. The van der Waals surface area contributed by atoms with E-state index in [1.54, 1.807) is 47.5 Å². The molecular formula is C30H16N6S2. The Hall–Kier alpha value is -4.66. The Balaban J connectivity index is 1.81. The summed E-state index contributed by atoms with van der Waals surface area (Å²) in [4.78, 5) is 21.8. The number of benzene rings is 2. The molecular weight excluding hydrogens is 509 g/mol. The second-order valence-electron chi connectivity index (χ2n) is 9.18. The molecule has 9 rings (SSSR count). The molecule has 6 nitrogen and oxygen atoms in total. The number of fused-ring (bicyclic) bond motifs is 7. The fourth-order valence-electron chi connectivity index (χ4n) is 5.89. The van der Waals surface area contributed by atoms with Crippen molar-refractivity contribution < 1.29 is 0 Å². The highest BCUT2D eigenvalue weighted by atomic mass is 32.1. The Morgan fingerprint density at radius 1 is 0.526 bits per heavy atom. The van der Waals surface area contributed by atoms with Gasteiger partial charge < -0.3 is 0 Å². The van der Waals surface area contributed by atoms with Crippen molar-refractivity contribution in [3.8, 4) is 0 Å². The first-order valence-electron chi connectivity index (χ1n) is 12.2. The van der Waals surface area contributed by atoms with Gasteiger partial charge in [-0.25, -0.2) is 9.97 Å². The summed E-state index contributed by atoms with van der Waals surface area (Å²) < 4.78 is 4.60. The normalized spacial score (nSPS) is 12.2. The summed E-state index contributed by atoms with van der Waals surface area (Å²) in [6.07, 6.45) is 7.10. The van der Waals surface area contributed by atoms with Gasteiger partial charge in [0.15, 0.2) is 11.3 Å². The van der Waals surface area contributed by atoms with Crippen molar-refractivity contribution >= 4 is 83.2 Å². The minimum absolute atomic E-state index is 0.822. The van der Waals surface area contributed by atoms with Crippen molar-refractivity contribution in [2.24, 2.45) is 0 Å². The van der Waals surface area contributed by atoms with Gasteiger partial charge in [0, 0.05) is 56.1 Å². The Kier molecular flexibility index (Phi) is 3.99. The molecule has 0 bridgehead atoms. The van der Waals surface area contributed by atoms with Crippen LogP contribution in [0.5, 0.6) is 0 Å². The second-order valence-corrected chi connectivity index (χ2v) is 11.1. The van der Waals surface area contributed by atoms with Crippen LogP contribution in [-0.4, -0.2) is 28.7 Å². The summed E-state index contributed by atoms with van der Waals surface area (Å²) in [5.74, 6) is 0. The molecule has 0 saturated heterocycles. The number of hydrogen-bond acceptors (Lipinski definition) is 6. The lowest BCUT2D eigenvalue weighted by atomic mass is 10.1. The van der Waals surface area contributed by atoms with E-state index in [1.165, 1.54) is 9.75 Å². The highest BCUT2D eigenvalue weighted by Gasteiger charge is 2.23. The molecule has 0 aliphatic carbocycles. The monoisotopic (exact) mass is 524 g/mol. The molecule has 0 spiro atoms. The summed E-state index contributed by atoms with van der Waals surface area (Å²) >= 11 is 3.47. The first kappa shape index (κ1) is 20.4. The van der Waals surface area contributed by atoms with E-state index in [2.05, 4.69) is 80.2 Å². The van der Waals surface area contributed by atoms with E-state index in [-0.39, 0.29) is 0 Å². The van der Waals surface area contributed by atoms with Crippen molar-refractivity contribution in [1.82, 2.24) is 28.7 Å². The predicted octanol–water partition coefficient (Wildman–Crippen LogP) is 6.47. The van der Waals surface area contributed by atoms with E-state index < -0.39 is 0 Å². The number of thiophene rings is 2. The molecule has 2 aromatic carbocycles. The van der Waals surface area contributed by atoms with Gasteiger partial charge in [0.05, 0.1) is 16.6 Å². The van der Waals surface area contributed by atoms with Crippen molar-refractivity contribution in [2.45, 2.75) is 0 Å². The van der Waals surface area contributed by atoms with Crippen LogP contribution in [0.2, 0.25) is 0 Å². The average Bonchev–Trinajstić information content (AvgIpc) is 3.76. The van der Waals surface area contributed by atoms with Gasteiger partial charge >= 0.3 is 0 Å². The molecule has 0 N–H and O–H groups in total. The number of hydrogen-bond donors (Lipinski definition) is 0. The smallest absolute Gasteiger partial charge is 0.165 e. The van der Waals surface area contributed by atoms with Crippen LogP contribution < -0.4 is 5.48 Å². The maximum Gasteiger partial charge on any atom is 0.165 e. The molecule has 8 heteroatoms. The molecule has 38 heavy (non-hydrogen) atoms. The second kappa shape index (κ2) is 7.44. The molecule has 0 unspecified atom stereocenters. The Morgan fingerprint density at radius 3 is 1.47 bits per heavy atom. The van der Waals surface area contributed by atoms with E-state index in [1.807, 2.05) is 0 Å². The lowest BCUT2D eigenvalue weighted by Gasteiger charge is -2.07. The Morgan fingerprint density at radius 2 is 1.00 bits per heavy atom. The molecule has 7 heterocycles. The van der Waals surface area contributed by atoms with Crippen molar-refractivity contribution in [1.29, 1.82) is 0 Å². The average molecular weight is 525 g/mol. The van der Waals surface area contributed by atoms with Gasteiger partial charge in [-0.1, -0.05) is 48.5 Å². The maximum absolute atomic E-state index is 4.92. The van der Waals surface area contributed by atoms with Gasteiger partial charge in [-0.3, -0.25) is 18.8 Å². The largest absolute Gasteiger partial charge is 0.276 e. The van der Waals surface area contributed by atoms with Crippen LogP contribution in [0.25, 0.3) is 60.5 Å². The molecule has 0 atom stereocenters. The van der Waals surface area contributed by atoms with Crippen LogP contribution in [0.15, 0.2) is 96.2 Å². The van der Waals surface area contributed by atoms with Crippen LogP contribution in [0.3, 0.4) is 0 Å². The Bertz CT molecular complexity index is 2230. The number of aromatic nitrogens is 6. The van der Waals surface area contributed by atoms with Crippen LogP contribution in [0.1, 0.15) is 9.75 Å². The van der Waals surface area contributed by atoms with Crippen molar-refractivity contribution in [3.63, 3.8) is 0 Å². The summed E-state index contributed by atoms with van der Waals surface area (Å²) in [5, 5.41) is 8.71. The fraction of sp³-hybridized carbons (Fsp3) is 0. The van der Waals surface area contributed by atoms with E-state index in [9.17, 15) is 0 Å². The zero-order valence-electron chi connectivity index (χ0n) is 19.7. The van der Waals surface area contributed by atoms with Crippen molar-refractivity contribution in [3.05, 3.63) is 111 Å². The standard InChI is InChI=1S/C30H16N6S2/c1-5-17-18-6-2-8-20-25-29(34-14-12-32-25)36(27(18)20)30(23(21-9-3-15-37-21)22-10-4-16-38-22)35-26(17)19(7-1)24-28(35)33-13-11-31-24/h1-16H. The fourth-order valence-corrected chi connectivity index (χ4v) is 7.51. The lowest BCUT2D eigenvalue weighted by Crippen LogP contribution is -2.24. The van der Waals surface area contributed by atoms with E-state index in [0.29, 0.717) is 0 Å². The molecule has 0 fully saturated rings. The quantitative estimate of drug-likeness (QED) is 0.260. The van der Waals surface area contributed by atoms with Crippen molar-refractivity contribution in [2.75, 3.05) is 0 Å². The van der Waals surface area contributed by atoms with Crippen LogP contribution in [0.4, 0.5) is 0 Å². The predicted molar refractivity (Wildman–Crippen MR) is 155 cm³/mol. The zero-order chi connectivity index (χ0) is 24.8.